The van der Waals surface area contributed by atoms with Gasteiger partial charge in [0.15, 0.2) is 0 Å². The Hall–Kier alpha value is -7.19. The van der Waals surface area contributed by atoms with E-state index in [4.69, 9.17) is 18.9 Å². The van der Waals surface area contributed by atoms with Crippen LogP contribution < -0.4 is 18.9 Å². The van der Waals surface area contributed by atoms with E-state index in [1.165, 1.54) is 63.0 Å². The summed E-state index contributed by atoms with van der Waals surface area (Å²) in [5.41, 5.74) is 4.87. The van der Waals surface area contributed by atoms with E-state index in [0.717, 1.165) is 25.7 Å². The molecule has 6 aliphatic heterocycles. The number of aliphatic hydroxyl groups excluding tert-OH is 2. The number of ether oxygens (including phenoxy) is 4. The normalized spacial score (nSPS) is 22.4. The van der Waals surface area contributed by atoms with Crippen LogP contribution in [0.1, 0.15) is 176 Å². The summed E-state index contributed by atoms with van der Waals surface area (Å²) in [5, 5.41) is 34.5. The highest BCUT2D eigenvalue weighted by molar-refractivity contribution is 6.02. The van der Waals surface area contributed by atoms with Crippen molar-refractivity contribution in [2.45, 2.75) is 189 Å². The number of amides is 6. The first-order valence-corrected chi connectivity index (χ1v) is 30.2. The molecule has 6 amide bonds. The summed E-state index contributed by atoms with van der Waals surface area (Å²) >= 11 is 0. The zero-order chi connectivity index (χ0) is 61.7. The van der Waals surface area contributed by atoms with Gasteiger partial charge in [-0.15, -0.1) is 0 Å². The number of nitrogens with zero attached hydrogens (tertiary/aromatic N) is 6. The number of carbonyl (C=O) groups excluding carboxylic acids is 6. The number of aliphatic hydroxyl groups is 2. The molecule has 0 aliphatic carbocycles. The van der Waals surface area contributed by atoms with Crippen LogP contribution in [0.5, 0.6) is 23.0 Å². The Labute approximate surface area is 500 Å². The molecular weight excluding hydrogens is 1090 g/mol. The van der Waals surface area contributed by atoms with Crippen molar-refractivity contribution in [3.05, 3.63) is 92.1 Å². The fourth-order valence-corrected chi connectivity index (χ4v) is 12.3. The first-order valence-electron chi connectivity index (χ1n) is 30.2. The summed E-state index contributed by atoms with van der Waals surface area (Å²) in [6.07, 6.45) is 11.2. The lowest BCUT2D eigenvalue weighted by Crippen LogP contribution is -2.51. The molecule has 20 nitrogen and oxygen atoms in total. The highest BCUT2D eigenvalue weighted by atomic mass is 16.6. The van der Waals surface area contributed by atoms with E-state index in [1.54, 1.807) is 14.7 Å². The second-order valence-corrected chi connectivity index (χ2v) is 24.9. The Kier molecular flexibility index (Phi) is 20.3. The first kappa shape index (κ1) is 63.8. The molecule has 0 bridgehead atoms. The number of benzene rings is 2. The third-order valence-corrected chi connectivity index (χ3v) is 17.8. The number of carboxylic acids is 1. The maximum absolute atomic E-state index is 14.7. The average molecular weight is 1180 g/mol. The van der Waals surface area contributed by atoms with Crippen LogP contribution in [0.25, 0.3) is 0 Å². The molecule has 6 heterocycles. The maximum Gasteiger partial charge on any atom is 0.415 e. The number of hydrogen-bond acceptors (Lipinski definition) is 13. The van der Waals surface area contributed by atoms with Gasteiger partial charge in [0.2, 0.25) is 11.8 Å². The van der Waals surface area contributed by atoms with Crippen molar-refractivity contribution in [3.8, 4) is 23.0 Å². The number of allylic oxidation sites excluding steroid dienone is 8. The van der Waals surface area contributed by atoms with Crippen molar-refractivity contribution < 1.29 is 67.8 Å². The van der Waals surface area contributed by atoms with Crippen molar-refractivity contribution >= 4 is 41.8 Å². The molecule has 5 atom stereocenters. The van der Waals surface area contributed by atoms with Crippen LogP contribution in [0, 0.1) is 0 Å². The summed E-state index contributed by atoms with van der Waals surface area (Å²) in [7, 11) is 0. The minimum atomic E-state index is -1.36. The van der Waals surface area contributed by atoms with Crippen molar-refractivity contribution in [3.63, 3.8) is 0 Å². The molecular formula is C65H88N6O14. The van der Waals surface area contributed by atoms with Gasteiger partial charge in [-0.1, -0.05) is 46.6 Å². The van der Waals surface area contributed by atoms with Crippen molar-refractivity contribution in [2.75, 3.05) is 58.9 Å². The molecule has 3 N–H and O–H groups in total. The van der Waals surface area contributed by atoms with Crippen LogP contribution in [-0.4, -0.2) is 175 Å². The highest BCUT2D eigenvalue weighted by Gasteiger charge is 2.48. The molecule has 8 rings (SSSR count). The molecule has 0 saturated carbocycles. The Bertz CT molecular complexity index is 3050. The first-order chi connectivity index (χ1) is 40.3. The van der Waals surface area contributed by atoms with Gasteiger partial charge < -0.3 is 63.7 Å². The number of carboxylic acid groups (broad SMARTS) is 1. The second kappa shape index (κ2) is 27.0. The molecule has 85 heavy (non-hydrogen) atoms. The molecule has 2 fully saturated rings. The number of carbonyl (C=O) groups is 7. The van der Waals surface area contributed by atoms with Crippen LogP contribution >= 0.6 is 0 Å². The van der Waals surface area contributed by atoms with Crippen molar-refractivity contribution in [1.82, 2.24) is 29.4 Å². The van der Waals surface area contributed by atoms with E-state index in [-0.39, 0.29) is 118 Å². The monoisotopic (exact) mass is 1180 g/mol. The quantitative estimate of drug-likeness (QED) is 0.105. The van der Waals surface area contributed by atoms with Gasteiger partial charge >= 0.3 is 18.2 Å². The largest absolute Gasteiger partial charge is 0.484 e. The average Bonchev–Trinajstić information content (AvgIpc) is 1.76. The number of rotatable bonds is 20. The van der Waals surface area contributed by atoms with Crippen molar-refractivity contribution in [1.29, 1.82) is 0 Å². The number of hydrogen-bond donors (Lipinski definition) is 3. The van der Waals surface area contributed by atoms with Gasteiger partial charge in [0.05, 0.1) is 36.4 Å². The van der Waals surface area contributed by atoms with E-state index >= 15 is 0 Å². The van der Waals surface area contributed by atoms with Gasteiger partial charge in [0.1, 0.15) is 40.2 Å². The van der Waals surface area contributed by atoms with Gasteiger partial charge in [0, 0.05) is 108 Å². The van der Waals surface area contributed by atoms with Crippen LogP contribution in [0.3, 0.4) is 0 Å². The van der Waals surface area contributed by atoms with E-state index in [0.29, 0.717) is 79.9 Å². The number of fused-ring (bicyclic) bond motifs is 6. The summed E-state index contributed by atoms with van der Waals surface area (Å²) in [6.45, 7) is 21.3. The Morgan fingerprint density at radius 1 is 0.588 bits per heavy atom. The molecule has 0 radical (unpaired) electrons. The highest BCUT2D eigenvalue weighted by Crippen LogP contribution is 2.49. The lowest BCUT2D eigenvalue weighted by molar-refractivity contribution is -0.142. The van der Waals surface area contributed by atoms with E-state index < -0.39 is 53.5 Å². The summed E-state index contributed by atoms with van der Waals surface area (Å²) in [4.78, 5) is 103. The Morgan fingerprint density at radius 3 is 1.41 bits per heavy atom. The summed E-state index contributed by atoms with van der Waals surface area (Å²) in [6, 6.07) is 1.61. The predicted octanol–water partition coefficient (Wildman–Crippen LogP) is 8.91. The third kappa shape index (κ3) is 14.7. The Balaban J connectivity index is 1.02. The van der Waals surface area contributed by atoms with Crippen LogP contribution in [0.15, 0.2) is 58.7 Å². The third-order valence-electron chi connectivity index (χ3n) is 17.8. The van der Waals surface area contributed by atoms with E-state index in [1.807, 2.05) is 13.8 Å². The SMILES string of the molecule is CC(=O)N1CCN(C(=O)Oc2cc3c(c4c2C[C@H](O)[C@@](C)(CC/C=C(\C)CCC=C(C)C)O4)CN(CCC[C@@H](C(=O)O)N2Cc4c(cc(OC(=O)N5CCN(C(C)=O)CC5)c5c4O[C@](C)(CC/C=C(\C)CCC=C(C)C)[C@@H](O)C5)C2=O)C3=O)CC1. The van der Waals surface area contributed by atoms with Gasteiger partial charge in [0.25, 0.3) is 11.8 Å². The molecule has 2 aromatic rings. The Morgan fingerprint density at radius 2 is 1.00 bits per heavy atom. The van der Waals surface area contributed by atoms with Crippen molar-refractivity contribution in [2.24, 2.45) is 0 Å². The van der Waals surface area contributed by atoms with Crippen LogP contribution in [0.2, 0.25) is 0 Å². The van der Waals surface area contributed by atoms with Gasteiger partial charge in [-0.3, -0.25) is 19.2 Å². The zero-order valence-electron chi connectivity index (χ0n) is 51.5. The van der Waals surface area contributed by atoms with Gasteiger partial charge in [-0.25, -0.2) is 14.4 Å². The molecule has 0 aromatic heterocycles. The zero-order valence-corrected chi connectivity index (χ0v) is 51.5. The van der Waals surface area contributed by atoms with Gasteiger partial charge in [-0.05, 0) is 132 Å². The molecule has 0 unspecified atom stereocenters. The molecule has 20 heteroatoms. The second-order valence-electron chi connectivity index (χ2n) is 24.9. The smallest absolute Gasteiger partial charge is 0.415 e. The van der Waals surface area contributed by atoms with Crippen LogP contribution in [0.4, 0.5) is 9.59 Å². The predicted molar refractivity (Wildman–Crippen MR) is 319 cm³/mol. The molecule has 6 aliphatic rings. The molecule has 2 aromatic carbocycles. The topological polar surface area (TPSA) is 237 Å². The number of piperazine rings is 2. The minimum absolute atomic E-state index is 0.0159. The molecule has 2 saturated heterocycles. The maximum atomic E-state index is 14.7. The fourth-order valence-electron chi connectivity index (χ4n) is 12.3. The number of aliphatic carboxylic acids is 1. The lowest BCUT2D eigenvalue weighted by Gasteiger charge is -2.41. The standard InChI is InChI=1S/C65H88N6O14/c1-40(2)16-11-18-42(5)20-13-23-64(9)55(74)36-48-53(82-62(80)68-30-26-66(27-31-68)44(7)72)34-46-50(57(48)84-64)38-70(59(46)76)25-15-22-52(61(78)79)71-39-51-47(60(71)77)35-54(83-63(81)69-32-28-67(29-33-69)45(8)73)49-37-56(75)65(10,85-58(49)51)24-14-21-43(6)19-12-17-41(3)4/h16-17,20-21,34-35,52,55-56,74-75H,11-15,18-19,22-33,36-39H2,1-10H3,(H,78,79)/b42-20+,43-21+/t52-,55-,56-,64+,65+/m0/s1. The molecule has 0 spiro atoms. The van der Waals surface area contributed by atoms with E-state index in [2.05, 4.69) is 65.8 Å². The summed E-state index contributed by atoms with van der Waals surface area (Å²) in [5.74, 6) is -1.74. The van der Waals surface area contributed by atoms with Gasteiger partial charge in [-0.2, -0.15) is 0 Å². The minimum Gasteiger partial charge on any atom is -0.484 e. The lowest BCUT2D eigenvalue weighted by atomic mass is 9.84. The van der Waals surface area contributed by atoms with Crippen LogP contribution in [-0.2, 0) is 40.3 Å². The summed E-state index contributed by atoms with van der Waals surface area (Å²) < 4.78 is 25.8. The fraction of sp³-hybridized carbons (Fsp3) is 0.585. The molecule has 462 valence electrons. The van der Waals surface area contributed by atoms with E-state index in [9.17, 15) is 48.9 Å².